The third-order valence-electron chi connectivity index (χ3n) is 4.67. The maximum atomic E-state index is 13.7. The van der Waals surface area contributed by atoms with Gasteiger partial charge in [0, 0.05) is 6.07 Å². The lowest BCUT2D eigenvalue weighted by Gasteiger charge is -2.17. The van der Waals surface area contributed by atoms with Crippen LogP contribution in [-0.4, -0.2) is 12.1 Å². The summed E-state index contributed by atoms with van der Waals surface area (Å²) in [5.74, 6) is -2.26. The SMILES string of the molecule is CCCCCCCCCCCC(CCC)OC(=O)c1ccc(F)cc1F. The molecule has 2 nitrogen and oxygen atoms in total. The summed E-state index contributed by atoms with van der Waals surface area (Å²) in [7, 11) is 0. The molecule has 1 rings (SSSR count). The average molecular weight is 369 g/mol. The van der Waals surface area contributed by atoms with Gasteiger partial charge in [0.15, 0.2) is 0 Å². The number of halogens is 2. The minimum atomic E-state index is -0.867. The van der Waals surface area contributed by atoms with Crippen molar-refractivity contribution in [2.24, 2.45) is 0 Å². The van der Waals surface area contributed by atoms with E-state index < -0.39 is 17.6 Å². The number of ether oxygens (including phenoxy) is 1. The monoisotopic (exact) mass is 368 g/mol. The molecule has 148 valence electrons. The van der Waals surface area contributed by atoms with Crippen molar-refractivity contribution in [2.75, 3.05) is 0 Å². The van der Waals surface area contributed by atoms with Crippen LogP contribution in [0.2, 0.25) is 0 Å². The van der Waals surface area contributed by atoms with Crippen LogP contribution in [0.3, 0.4) is 0 Å². The van der Waals surface area contributed by atoms with Gasteiger partial charge in [-0.3, -0.25) is 0 Å². The van der Waals surface area contributed by atoms with Crippen molar-refractivity contribution in [2.45, 2.75) is 97.0 Å². The minimum absolute atomic E-state index is 0.193. The Bertz CT molecular complexity index is 517. The van der Waals surface area contributed by atoms with E-state index in [0.29, 0.717) is 6.07 Å². The Labute approximate surface area is 157 Å². The highest BCUT2D eigenvalue weighted by atomic mass is 19.1. The van der Waals surface area contributed by atoms with Gasteiger partial charge in [0.2, 0.25) is 0 Å². The first-order valence-corrected chi connectivity index (χ1v) is 10.2. The number of benzene rings is 1. The van der Waals surface area contributed by atoms with Gasteiger partial charge in [-0.05, 0) is 31.4 Å². The third kappa shape index (κ3) is 9.30. The van der Waals surface area contributed by atoms with E-state index >= 15 is 0 Å². The summed E-state index contributed by atoms with van der Waals surface area (Å²) < 4.78 is 32.1. The van der Waals surface area contributed by atoms with Crippen LogP contribution in [-0.2, 0) is 4.74 Å². The summed E-state index contributed by atoms with van der Waals surface area (Å²) in [6, 6.07) is 2.94. The van der Waals surface area contributed by atoms with Crippen molar-refractivity contribution in [3.63, 3.8) is 0 Å². The summed E-state index contributed by atoms with van der Waals surface area (Å²) in [5.41, 5.74) is -0.195. The van der Waals surface area contributed by atoms with Crippen LogP contribution in [0.4, 0.5) is 8.78 Å². The molecule has 1 atom stereocenters. The van der Waals surface area contributed by atoms with Crippen molar-refractivity contribution >= 4 is 5.97 Å². The molecule has 0 heterocycles. The van der Waals surface area contributed by atoms with Gasteiger partial charge in [-0.2, -0.15) is 0 Å². The van der Waals surface area contributed by atoms with Crippen LogP contribution >= 0.6 is 0 Å². The van der Waals surface area contributed by atoms with E-state index in [-0.39, 0.29) is 11.7 Å². The predicted octanol–water partition coefficient (Wildman–Crippen LogP) is 7.21. The zero-order chi connectivity index (χ0) is 19.2. The highest BCUT2D eigenvalue weighted by molar-refractivity contribution is 5.89. The first-order chi connectivity index (χ1) is 12.6. The lowest BCUT2D eigenvalue weighted by molar-refractivity contribution is 0.0248. The van der Waals surface area contributed by atoms with Gasteiger partial charge >= 0.3 is 5.97 Å². The van der Waals surface area contributed by atoms with Gasteiger partial charge in [-0.15, -0.1) is 0 Å². The molecule has 0 bridgehead atoms. The Morgan fingerprint density at radius 3 is 2.08 bits per heavy atom. The van der Waals surface area contributed by atoms with E-state index in [1.54, 1.807) is 0 Å². The molecule has 0 fully saturated rings. The van der Waals surface area contributed by atoms with Gasteiger partial charge in [-0.25, -0.2) is 13.6 Å². The molecule has 0 saturated carbocycles. The summed E-state index contributed by atoms with van der Waals surface area (Å²) >= 11 is 0. The molecular weight excluding hydrogens is 334 g/mol. The molecule has 0 amide bonds. The van der Waals surface area contributed by atoms with Gasteiger partial charge in [0.1, 0.15) is 17.7 Å². The number of esters is 1. The maximum absolute atomic E-state index is 13.7. The van der Waals surface area contributed by atoms with E-state index in [9.17, 15) is 13.6 Å². The van der Waals surface area contributed by atoms with Crippen molar-refractivity contribution in [1.82, 2.24) is 0 Å². The number of hydrogen-bond donors (Lipinski definition) is 0. The molecule has 0 saturated heterocycles. The fourth-order valence-corrected chi connectivity index (χ4v) is 3.14. The van der Waals surface area contributed by atoms with E-state index in [1.165, 1.54) is 44.9 Å². The van der Waals surface area contributed by atoms with Gasteiger partial charge in [-0.1, -0.05) is 71.6 Å². The van der Waals surface area contributed by atoms with Crippen LogP contribution in [0.15, 0.2) is 18.2 Å². The molecule has 0 radical (unpaired) electrons. The van der Waals surface area contributed by atoms with E-state index in [4.69, 9.17) is 4.74 Å². The topological polar surface area (TPSA) is 26.3 Å². The molecule has 1 unspecified atom stereocenters. The highest BCUT2D eigenvalue weighted by Gasteiger charge is 2.18. The number of rotatable bonds is 14. The van der Waals surface area contributed by atoms with E-state index in [0.717, 1.165) is 44.2 Å². The van der Waals surface area contributed by atoms with E-state index in [1.807, 2.05) is 6.92 Å². The summed E-state index contributed by atoms with van der Waals surface area (Å²) in [6.07, 6.45) is 13.5. The molecule has 0 N–H and O–H groups in total. The largest absolute Gasteiger partial charge is 0.459 e. The fourth-order valence-electron chi connectivity index (χ4n) is 3.14. The number of carbonyl (C=O) groups excluding carboxylic acids is 1. The van der Waals surface area contributed by atoms with Crippen LogP contribution < -0.4 is 0 Å². The predicted molar refractivity (Wildman–Crippen MR) is 102 cm³/mol. The highest BCUT2D eigenvalue weighted by Crippen LogP contribution is 2.18. The van der Waals surface area contributed by atoms with Crippen LogP contribution in [0.1, 0.15) is 101 Å². The molecule has 26 heavy (non-hydrogen) atoms. The second-order valence-corrected chi connectivity index (χ2v) is 7.06. The van der Waals surface area contributed by atoms with Crippen molar-refractivity contribution < 1.29 is 18.3 Å². The van der Waals surface area contributed by atoms with E-state index in [2.05, 4.69) is 6.92 Å². The molecule has 4 heteroatoms. The molecule has 0 aliphatic heterocycles. The molecule has 0 aliphatic carbocycles. The molecule has 1 aromatic rings. The maximum Gasteiger partial charge on any atom is 0.341 e. The fraction of sp³-hybridized carbons (Fsp3) is 0.682. The van der Waals surface area contributed by atoms with Crippen molar-refractivity contribution in [1.29, 1.82) is 0 Å². The number of carbonyl (C=O) groups is 1. The van der Waals surface area contributed by atoms with Gasteiger partial charge in [0.05, 0.1) is 5.56 Å². The molecular formula is C22H34F2O2. The van der Waals surface area contributed by atoms with Crippen LogP contribution in [0.5, 0.6) is 0 Å². The first kappa shape index (κ1) is 22.6. The van der Waals surface area contributed by atoms with Crippen molar-refractivity contribution in [3.05, 3.63) is 35.4 Å². The smallest absolute Gasteiger partial charge is 0.341 e. The van der Waals surface area contributed by atoms with Gasteiger partial charge in [0.25, 0.3) is 0 Å². The Hall–Kier alpha value is -1.45. The third-order valence-corrected chi connectivity index (χ3v) is 4.67. The summed E-state index contributed by atoms with van der Waals surface area (Å²) in [5, 5.41) is 0. The Morgan fingerprint density at radius 1 is 0.885 bits per heavy atom. The van der Waals surface area contributed by atoms with Crippen LogP contribution in [0.25, 0.3) is 0 Å². The summed E-state index contributed by atoms with van der Waals surface area (Å²) in [6.45, 7) is 4.26. The lowest BCUT2D eigenvalue weighted by Crippen LogP contribution is -2.19. The minimum Gasteiger partial charge on any atom is -0.459 e. The lowest BCUT2D eigenvalue weighted by atomic mass is 10.0. The molecule has 0 spiro atoms. The second-order valence-electron chi connectivity index (χ2n) is 7.06. The average Bonchev–Trinajstić information content (AvgIpc) is 2.60. The van der Waals surface area contributed by atoms with Crippen LogP contribution in [0, 0.1) is 11.6 Å². The zero-order valence-electron chi connectivity index (χ0n) is 16.4. The summed E-state index contributed by atoms with van der Waals surface area (Å²) in [4.78, 5) is 12.1. The Morgan fingerprint density at radius 2 is 1.50 bits per heavy atom. The quantitative estimate of drug-likeness (QED) is 0.256. The first-order valence-electron chi connectivity index (χ1n) is 10.2. The van der Waals surface area contributed by atoms with Crippen molar-refractivity contribution in [3.8, 4) is 0 Å². The molecule has 1 aromatic carbocycles. The second kappa shape index (κ2) is 13.7. The Balaban J connectivity index is 2.29. The molecule has 0 aromatic heterocycles. The van der Waals surface area contributed by atoms with Gasteiger partial charge < -0.3 is 4.74 Å². The zero-order valence-corrected chi connectivity index (χ0v) is 16.4. The number of unbranched alkanes of at least 4 members (excludes halogenated alkanes) is 8. The normalized spacial score (nSPS) is 12.2. The molecule has 0 aliphatic rings. The number of hydrogen-bond acceptors (Lipinski definition) is 2. The standard InChI is InChI=1S/C22H34F2O2/c1-3-5-6-7-8-9-10-11-12-14-19(13-4-2)26-22(25)20-16-15-18(23)17-21(20)24/h15-17,19H,3-14H2,1-2H3. The Kier molecular flexibility index (Phi) is 11.9.